The molecule has 0 saturated carbocycles. The van der Waals surface area contributed by atoms with Gasteiger partial charge in [-0.3, -0.25) is 0 Å². The second kappa shape index (κ2) is 4.40. The van der Waals surface area contributed by atoms with Gasteiger partial charge in [0.1, 0.15) is 17.4 Å². The number of nitrogens with two attached hydrogens (primary N) is 1. The third-order valence-electron chi connectivity index (χ3n) is 2.36. The number of rotatable bonds is 3. The number of carbonyl (C=O) groups is 1. The van der Waals surface area contributed by atoms with Gasteiger partial charge in [-0.2, -0.15) is 0 Å². The zero-order chi connectivity index (χ0) is 11.5. The van der Waals surface area contributed by atoms with Crippen molar-refractivity contribution in [1.29, 1.82) is 0 Å². The largest absolute Gasteiger partial charge is 0.496 e. The Kier molecular flexibility index (Phi) is 2.96. The molecule has 0 spiro atoms. The number of hydrogen-bond acceptors (Lipinski definition) is 5. The lowest BCUT2D eigenvalue weighted by Crippen LogP contribution is -2.38. The van der Waals surface area contributed by atoms with Crippen LogP contribution in [0.25, 0.3) is 0 Å². The van der Waals surface area contributed by atoms with E-state index in [9.17, 15) is 4.79 Å². The lowest BCUT2D eigenvalue weighted by Gasteiger charge is -2.26. The van der Waals surface area contributed by atoms with Gasteiger partial charge in [0.25, 0.3) is 0 Å². The SMILES string of the molecule is COc1cccc(N)c1C(=O)OC1COC1. The van der Waals surface area contributed by atoms with Crippen molar-refractivity contribution in [1.82, 2.24) is 0 Å². The highest BCUT2D eigenvalue weighted by atomic mass is 16.6. The van der Waals surface area contributed by atoms with Gasteiger partial charge in [0, 0.05) is 5.69 Å². The summed E-state index contributed by atoms with van der Waals surface area (Å²) in [7, 11) is 1.48. The molecular weight excluding hydrogens is 210 g/mol. The summed E-state index contributed by atoms with van der Waals surface area (Å²) in [5, 5.41) is 0. The van der Waals surface area contributed by atoms with E-state index in [2.05, 4.69) is 0 Å². The summed E-state index contributed by atoms with van der Waals surface area (Å²) >= 11 is 0. The molecule has 0 amide bonds. The summed E-state index contributed by atoms with van der Waals surface area (Å²) in [5.74, 6) is -0.0477. The van der Waals surface area contributed by atoms with Crippen LogP contribution < -0.4 is 10.5 Å². The quantitative estimate of drug-likeness (QED) is 0.607. The van der Waals surface area contributed by atoms with Crippen LogP contribution in [0.4, 0.5) is 5.69 Å². The van der Waals surface area contributed by atoms with Gasteiger partial charge in [0.15, 0.2) is 0 Å². The van der Waals surface area contributed by atoms with E-state index >= 15 is 0 Å². The number of esters is 1. The third kappa shape index (κ3) is 1.94. The summed E-state index contributed by atoms with van der Waals surface area (Å²) < 4.78 is 15.2. The Morgan fingerprint density at radius 3 is 2.81 bits per heavy atom. The van der Waals surface area contributed by atoms with E-state index in [1.807, 2.05) is 0 Å². The second-order valence-corrected chi connectivity index (χ2v) is 3.49. The highest BCUT2D eigenvalue weighted by Gasteiger charge is 2.26. The fourth-order valence-corrected chi connectivity index (χ4v) is 1.43. The smallest absolute Gasteiger partial charge is 0.344 e. The molecule has 1 saturated heterocycles. The lowest BCUT2D eigenvalue weighted by molar-refractivity contribution is -0.103. The van der Waals surface area contributed by atoms with Gasteiger partial charge in [0.2, 0.25) is 0 Å². The average molecular weight is 223 g/mol. The Bertz CT molecular complexity index is 401. The normalized spacial score (nSPS) is 15.3. The highest BCUT2D eigenvalue weighted by molar-refractivity contribution is 5.98. The predicted molar refractivity (Wildman–Crippen MR) is 57.4 cm³/mol. The molecule has 1 aliphatic heterocycles. The fraction of sp³-hybridized carbons (Fsp3) is 0.364. The Morgan fingerprint density at radius 1 is 1.50 bits per heavy atom. The number of nitrogen functional groups attached to an aromatic ring is 1. The first-order valence-corrected chi connectivity index (χ1v) is 4.93. The maximum Gasteiger partial charge on any atom is 0.344 e. The van der Waals surface area contributed by atoms with Crippen molar-refractivity contribution in [2.75, 3.05) is 26.1 Å². The maximum absolute atomic E-state index is 11.8. The van der Waals surface area contributed by atoms with Crippen LogP contribution in [-0.2, 0) is 9.47 Å². The first-order chi connectivity index (χ1) is 7.72. The van der Waals surface area contributed by atoms with Crippen LogP contribution in [0.2, 0.25) is 0 Å². The van der Waals surface area contributed by atoms with Crippen LogP contribution in [0.1, 0.15) is 10.4 Å². The van der Waals surface area contributed by atoms with Crippen LogP contribution in [-0.4, -0.2) is 32.4 Å². The summed E-state index contributed by atoms with van der Waals surface area (Å²) in [4.78, 5) is 11.8. The minimum Gasteiger partial charge on any atom is -0.496 e. The molecule has 1 aromatic rings. The van der Waals surface area contributed by atoms with Crippen LogP contribution in [0.15, 0.2) is 18.2 Å². The van der Waals surface area contributed by atoms with Crippen molar-refractivity contribution in [2.24, 2.45) is 0 Å². The van der Waals surface area contributed by atoms with E-state index in [0.29, 0.717) is 24.7 Å². The standard InChI is InChI=1S/C11H13NO4/c1-14-9-4-2-3-8(12)10(9)11(13)16-7-5-15-6-7/h2-4,7H,5-6,12H2,1H3. The topological polar surface area (TPSA) is 70.8 Å². The van der Waals surface area contributed by atoms with Gasteiger partial charge in [-0.1, -0.05) is 6.07 Å². The Morgan fingerprint density at radius 2 is 2.25 bits per heavy atom. The van der Waals surface area contributed by atoms with Gasteiger partial charge in [0.05, 0.1) is 20.3 Å². The molecule has 5 nitrogen and oxygen atoms in total. The minimum absolute atomic E-state index is 0.170. The van der Waals surface area contributed by atoms with Gasteiger partial charge in [-0.15, -0.1) is 0 Å². The van der Waals surface area contributed by atoms with Crippen molar-refractivity contribution in [3.05, 3.63) is 23.8 Å². The molecule has 0 atom stereocenters. The fourth-order valence-electron chi connectivity index (χ4n) is 1.43. The van der Waals surface area contributed by atoms with E-state index < -0.39 is 5.97 Å². The summed E-state index contributed by atoms with van der Waals surface area (Å²) in [6, 6.07) is 5.03. The van der Waals surface area contributed by atoms with Gasteiger partial charge in [-0.25, -0.2) is 4.79 Å². The lowest BCUT2D eigenvalue weighted by atomic mass is 10.1. The summed E-state index contributed by atoms with van der Waals surface area (Å²) in [5.41, 5.74) is 6.35. The molecule has 0 unspecified atom stereocenters. The Balaban J connectivity index is 2.20. The van der Waals surface area contributed by atoms with Gasteiger partial charge in [-0.05, 0) is 12.1 Å². The molecular formula is C11H13NO4. The first kappa shape index (κ1) is 10.8. The van der Waals surface area contributed by atoms with Crippen molar-refractivity contribution in [3.8, 4) is 5.75 Å². The molecule has 1 heterocycles. The number of methoxy groups -OCH3 is 1. The molecule has 86 valence electrons. The monoisotopic (exact) mass is 223 g/mol. The first-order valence-electron chi connectivity index (χ1n) is 4.93. The van der Waals surface area contributed by atoms with Crippen molar-refractivity contribution in [2.45, 2.75) is 6.10 Å². The molecule has 1 aliphatic rings. The van der Waals surface area contributed by atoms with E-state index in [1.165, 1.54) is 7.11 Å². The zero-order valence-electron chi connectivity index (χ0n) is 8.93. The van der Waals surface area contributed by atoms with Crippen molar-refractivity contribution < 1.29 is 19.0 Å². The van der Waals surface area contributed by atoms with Crippen LogP contribution in [0, 0.1) is 0 Å². The summed E-state index contributed by atoms with van der Waals surface area (Å²) in [6.45, 7) is 0.890. The van der Waals surface area contributed by atoms with Crippen molar-refractivity contribution in [3.63, 3.8) is 0 Å². The molecule has 1 aromatic carbocycles. The average Bonchev–Trinajstić information content (AvgIpc) is 2.22. The van der Waals surface area contributed by atoms with Crippen LogP contribution in [0.3, 0.4) is 0 Å². The molecule has 16 heavy (non-hydrogen) atoms. The van der Waals surface area contributed by atoms with E-state index in [4.69, 9.17) is 19.9 Å². The second-order valence-electron chi connectivity index (χ2n) is 3.49. The molecule has 5 heteroatoms. The third-order valence-corrected chi connectivity index (χ3v) is 2.36. The molecule has 2 rings (SSSR count). The predicted octanol–water partition coefficient (Wildman–Crippen LogP) is 0.833. The molecule has 0 bridgehead atoms. The zero-order valence-corrected chi connectivity index (χ0v) is 8.93. The molecule has 0 radical (unpaired) electrons. The van der Waals surface area contributed by atoms with E-state index in [1.54, 1.807) is 18.2 Å². The van der Waals surface area contributed by atoms with Crippen LogP contribution in [0.5, 0.6) is 5.75 Å². The Hall–Kier alpha value is -1.75. The van der Waals surface area contributed by atoms with Gasteiger partial charge >= 0.3 is 5.97 Å². The van der Waals surface area contributed by atoms with Crippen LogP contribution >= 0.6 is 0 Å². The van der Waals surface area contributed by atoms with E-state index in [-0.39, 0.29) is 11.7 Å². The minimum atomic E-state index is -0.469. The van der Waals surface area contributed by atoms with E-state index in [0.717, 1.165) is 0 Å². The van der Waals surface area contributed by atoms with Crippen molar-refractivity contribution >= 4 is 11.7 Å². The number of carbonyl (C=O) groups excluding carboxylic acids is 1. The number of anilines is 1. The molecule has 2 N–H and O–H groups in total. The number of ether oxygens (including phenoxy) is 3. The number of benzene rings is 1. The molecule has 0 aliphatic carbocycles. The maximum atomic E-state index is 11.8. The highest BCUT2D eigenvalue weighted by Crippen LogP contribution is 2.25. The summed E-state index contributed by atoms with van der Waals surface area (Å²) in [6.07, 6.45) is -0.170. The number of hydrogen-bond donors (Lipinski definition) is 1. The molecule has 1 fully saturated rings. The van der Waals surface area contributed by atoms with Gasteiger partial charge < -0.3 is 19.9 Å². The Labute approximate surface area is 93.1 Å². The molecule has 0 aromatic heterocycles.